The monoisotopic (exact) mass is 319 g/mol. The zero-order valence-corrected chi connectivity index (χ0v) is 13.5. The molecule has 23 heavy (non-hydrogen) atoms. The Hall–Kier alpha value is -1.98. The zero-order chi connectivity index (χ0) is 16.6. The maximum Gasteiger partial charge on any atom is 0.243 e. The predicted molar refractivity (Wildman–Crippen MR) is 82.9 cm³/mol. The Morgan fingerprint density at radius 3 is 2.83 bits per heavy atom. The van der Waals surface area contributed by atoms with Gasteiger partial charge < -0.3 is 10.2 Å². The molecule has 2 amide bonds. The van der Waals surface area contributed by atoms with Crippen LogP contribution in [0.15, 0.2) is 18.3 Å². The second kappa shape index (κ2) is 6.26. The highest BCUT2D eigenvalue weighted by Crippen LogP contribution is 2.42. The summed E-state index contributed by atoms with van der Waals surface area (Å²) < 4.78 is 12.9. The Morgan fingerprint density at radius 2 is 2.17 bits per heavy atom. The number of nitrogens with zero attached hydrogens (tertiary/aromatic N) is 2. The van der Waals surface area contributed by atoms with Crippen molar-refractivity contribution in [2.24, 2.45) is 5.92 Å². The number of likely N-dealkylation sites (tertiary alicyclic amines) is 1. The van der Waals surface area contributed by atoms with Crippen LogP contribution in [-0.4, -0.2) is 39.8 Å². The van der Waals surface area contributed by atoms with Crippen molar-refractivity contribution in [3.63, 3.8) is 0 Å². The molecule has 2 unspecified atom stereocenters. The van der Waals surface area contributed by atoms with Gasteiger partial charge in [-0.25, -0.2) is 4.39 Å². The number of hydrogen-bond acceptors (Lipinski definition) is 3. The summed E-state index contributed by atoms with van der Waals surface area (Å²) in [5.41, 5.74) is 0.530. The van der Waals surface area contributed by atoms with E-state index < -0.39 is 5.82 Å². The van der Waals surface area contributed by atoms with Crippen LogP contribution in [0.4, 0.5) is 4.39 Å². The molecule has 1 saturated heterocycles. The molecule has 5 nitrogen and oxygen atoms in total. The maximum absolute atomic E-state index is 12.9. The first kappa shape index (κ1) is 15.9. The zero-order valence-electron chi connectivity index (χ0n) is 13.5. The normalized spacial score (nSPS) is 25.9. The van der Waals surface area contributed by atoms with Crippen LogP contribution in [0.5, 0.6) is 0 Å². The van der Waals surface area contributed by atoms with Gasteiger partial charge in [-0.3, -0.25) is 14.6 Å². The number of rotatable bonds is 4. The predicted octanol–water partition coefficient (Wildman–Crippen LogP) is 1.67. The van der Waals surface area contributed by atoms with E-state index in [4.69, 9.17) is 0 Å². The number of nitrogens with one attached hydrogen (secondary N) is 1. The summed E-state index contributed by atoms with van der Waals surface area (Å²) in [5, 5.41) is 2.93. The number of fused-ring (bicyclic) bond motifs is 2. The minimum absolute atomic E-state index is 0.0531. The third-order valence-electron chi connectivity index (χ3n) is 4.69. The minimum atomic E-state index is -0.421. The summed E-state index contributed by atoms with van der Waals surface area (Å²) in [6, 6.07) is 2.65. The largest absolute Gasteiger partial charge is 0.352 e. The topological polar surface area (TPSA) is 62.3 Å². The van der Waals surface area contributed by atoms with E-state index in [1.807, 2.05) is 13.8 Å². The van der Waals surface area contributed by atoms with Crippen LogP contribution in [0.2, 0.25) is 0 Å². The van der Waals surface area contributed by atoms with Crippen molar-refractivity contribution in [2.75, 3.05) is 0 Å². The van der Waals surface area contributed by atoms with Crippen LogP contribution >= 0.6 is 0 Å². The molecule has 2 fully saturated rings. The summed E-state index contributed by atoms with van der Waals surface area (Å²) in [6.07, 6.45) is 4.08. The number of hydrogen-bond donors (Lipinski definition) is 1. The van der Waals surface area contributed by atoms with Gasteiger partial charge in [-0.05, 0) is 51.2 Å². The highest BCUT2D eigenvalue weighted by molar-refractivity contribution is 5.90. The lowest BCUT2D eigenvalue weighted by atomic mass is 9.97. The summed E-state index contributed by atoms with van der Waals surface area (Å²) in [6.45, 7) is 3.83. The molecule has 1 saturated carbocycles. The van der Waals surface area contributed by atoms with Gasteiger partial charge in [0.15, 0.2) is 0 Å². The molecule has 2 heterocycles. The Kier molecular flexibility index (Phi) is 4.33. The Bertz CT molecular complexity index is 602. The third kappa shape index (κ3) is 3.21. The first-order valence-corrected chi connectivity index (χ1v) is 8.17. The van der Waals surface area contributed by atoms with Crippen LogP contribution in [0.1, 0.15) is 38.8 Å². The minimum Gasteiger partial charge on any atom is -0.352 e. The number of carbonyl (C=O) groups is 2. The number of amides is 2. The van der Waals surface area contributed by atoms with Crippen molar-refractivity contribution in [2.45, 2.75) is 57.7 Å². The van der Waals surface area contributed by atoms with E-state index in [0.717, 1.165) is 25.5 Å². The van der Waals surface area contributed by atoms with Gasteiger partial charge in [-0.1, -0.05) is 0 Å². The smallest absolute Gasteiger partial charge is 0.243 e. The summed E-state index contributed by atoms with van der Waals surface area (Å²) >= 11 is 0. The third-order valence-corrected chi connectivity index (χ3v) is 4.69. The number of carbonyl (C=O) groups excluding carboxylic acids is 2. The van der Waals surface area contributed by atoms with Gasteiger partial charge in [0.05, 0.1) is 12.6 Å². The van der Waals surface area contributed by atoms with E-state index in [9.17, 15) is 14.0 Å². The van der Waals surface area contributed by atoms with Crippen molar-refractivity contribution in [1.29, 1.82) is 0 Å². The summed E-state index contributed by atoms with van der Waals surface area (Å²) in [4.78, 5) is 30.9. The van der Waals surface area contributed by atoms with E-state index in [1.54, 1.807) is 4.90 Å². The van der Waals surface area contributed by atoms with Crippen LogP contribution in [0.3, 0.4) is 0 Å². The van der Waals surface area contributed by atoms with Crippen molar-refractivity contribution in [3.8, 4) is 0 Å². The number of piperidine rings is 1. The molecule has 1 aromatic rings. The fourth-order valence-electron chi connectivity index (χ4n) is 3.81. The fourth-order valence-corrected chi connectivity index (χ4v) is 3.81. The first-order chi connectivity index (χ1) is 11.0. The maximum atomic E-state index is 12.9. The Balaban J connectivity index is 1.74. The SMILES string of the molecule is CC(C)NC(=O)[C@@H]1C2CCC(C2)N1C(=O)Cc1ccc(F)cn1. The lowest BCUT2D eigenvalue weighted by Crippen LogP contribution is -2.54. The molecule has 6 heteroatoms. The average Bonchev–Trinajstić information content (AvgIpc) is 3.09. The van der Waals surface area contributed by atoms with E-state index in [-0.39, 0.29) is 42.3 Å². The van der Waals surface area contributed by atoms with Crippen LogP contribution in [0, 0.1) is 11.7 Å². The van der Waals surface area contributed by atoms with E-state index in [0.29, 0.717) is 5.69 Å². The molecular formula is C17H22FN3O2. The van der Waals surface area contributed by atoms with E-state index in [2.05, 4.69) is 10.3 Å². The van der Waals surface area contributed by atoms with Crippen molar-refractivity contribution in [3.05, 3.63) is 29.8 Å². The standard InChI is InChI=1S/C17H22FN3O2/c1-10(2)20-17(23)16-11-3-6-14(7-11)21(16)15(22)8-13-5-4-12(18)9-19-13/h4-5,9-11,14,16H,3,6-8H2,1-2H3,(H,20,23)/t11?,14?,16-/m0/s1. The molecule has 3 rings (SSSR count). The molecule has 124 valence electrons. The van der Waals surface area contributed by atoms with Gasteiger partial charge in [0.1, 0.15) is 11.9 Å². The molecular weight excluding hydrogens is 297 g/mol. The van der Waals surface area contributed by atoms with Gasteiger partial charge in [-0.2, -0.15) is 0 Å². The molecule has 0 spiro atoms. The van der Waals surface area contributed by atoms with Crippen molar-refractivity contribution < 1.29 is 14.0 Å². The second-order valence-corrected chi connectivity index (χ2v) is 6.78. The van der Waals surface area contributed by atoms with Gasteiger partial charge in [0, 0.05) is 17.8 Å². The second-order valence-electron chi connectivity index (χ2n) is 6.78. The Labute approximate surface area is 135 Å². The van der Waals surface area contributed by atoms with Crippen LogP contribution in [-0.2, 0) is 16.0 Å². The van der Waals surface area contributed by atoms with Gasteiger partial charge in [-0.15, -0.1) is 0 Å². The van der Waals surface area contributed by atoms with E-state index in [1.165, 1.54) is 12.1 Å². The van der Waals surface area contributed by atoms with Crippen molar-refractivity contribution >= 4 is 11.8 Å². The summed E-state index contributed by atoms with van der Waals surface area (Å²) in [7, 11) is 0. The van der Waals surface area contributed by atoms with E-state index >= 15 is 0 Å². The quantitative estimate of drug-likeness (QED) is 0.918. The Morgan fingerprint density at radius 1 is 1.39 bits per heavy atom. The average molecular weight is 319 g/mol. The number of halogens is 1. The van der Waals surface area contributed by atoms with Gasteiger partial charge in [0.25, 0.3) is 0 Å². The van der Waals surface area contributed by atoms with Crippen molar-refractivity contribution in [1.82, 2.24) is 15.2 Å². The molecule has 2 bridgehead atoms. The first-order valence-electron chi connectivity index (χ1n) is 8.17. The molecule has 1 aliphatic heterocycles. The fraction of sp³-hybridized carbons (Fsp3) is 0.588. The van der Waals surface area contributed by atoms with Gasteiger partial charge >= 0.3 is 0 Å². The molecule has 0 radical (unpaired) electrons. The van der Waals surface area contributed by atoms with Crippen LogP contribution in [0.25, 0.3) is 0 Å². The molecule has 2 aliphatic rings. The number of pyridine rings is 1. The molecule has 0 aromatic carbocycles. The molecule has 1 aromatic heterocycles. The number of aromatic nitrogens is 1. The highest BCUT2D eigenvalue weighted by Gasteiger charge is 2.51. The van der Waals surface area contributed by atoms with Gasteiger partial charge in [0.2, 0.25) is 11.8 Å². The highest BCUT2D eigenvalue weighted by atomic mass is 19.1. The van der Waals surface area contributed by atoms with Crippen LogP contribution < -0.4 is 5.32 Å². The molecule has 1 N–H and O–H groups in total. The molecule has 3 atom stereocenters. The molecule has 1 aliphatic carbocycles. The lowest BCUT2D eigenvalue weighted by Gasteiger charge is -2.34. The lowest BCUT2D eigenvalue weighted by molar-refractivity contribution is -0.142. The summed E-state index contributed by atoms with van der Waals surface area (Å²) in [5.74, 6) is -0.327.